The summed E-state index contributed by atoms with van der Waals surface area (Å²) in [5.74, 6) is 1.56. The van der Waals surface area contributed by atoms with E-state index in [0.29, 0.717) is 16.6 Å². The summed E-state index contributed by atoms with van der Waals surface area (Å²) in [7, 11) is -2.49. The van der Waals surface area contributed by atoms with E-state index >= 15 is 0 Å². The zero-order valence-electron chi connectivity index (χ0n) is 76.1. The highest BCUT2D eigenvalue weighted by atomic mass is 79.9. The lowest BCUT2D eigenvalue weighted by Gasteiger charge is -2.50. The Morgan fingerprint density at radius 3 is 1.26 bits per heavy atom. The predicted octanol–water partition coefficient (Wildman–Crippen LogP) is 19.1. The average molecular weight is 1770 g/mol. The zero-order valence-corrected chi connectivity index (χ0v) is 80.2. The first-order chi connectivity index (χ1) is 53.3. The van der Waals surface area contributed by atoms with E-state index in [2.05, 4.69) is 147 Å². The molecule has 0 radical (unpaired) electrons. The maximum absolute atomic E-state index is 12.7. The Morgan fingerprint density at radius 1 is 0.483 bits per heavy atom. The van der Waals surface area contributed by atoms with Crippen LogP contribution in [-0.4, -0.2) is 149 Å². The van der Waals surface area contributed by atoms with Crippen LogP contribution in [0.4, 0.5) is 0 Å². The van der Waals surface area contributed by atoms with Crippen LogP contribution in [0.25, 0.3) is 0 Å². The molecule has 0 bridgehead atoms. The van der Waals surface area contributed by atoms with Gasteiger partial charge in [-0.25, -0.2) is 0 Å². The molecule has 116 heavy (non-hydrogen) atoms. The highest BCUT2D eigenvalue weighted by Crippen LogP contribution is 2.49. The fourth-order valence-electron chi connectivity index (χ4n) is 15.7. The molecule has 5 aliphatic heterocycles. The van der Waals surface area contributed by atoms with Gasteiger partial charge in [0.1, 0.15) is 68.7 Å². The van der Waals surface area contributed by atoms with Gasteiger partial charge in [0.2, 0.25) is 8.32 Å². The van der Waals surface area contributed by atoms with Crippen molar-refractivity contribution in [3.05, 3.63) is 97.9 Å². The lowest BCUT2D eigenvalue weighted by molar-refractivity contribution is -0.215. The van der Waals surface area contributed by atoms with Crippen molar-refractivity contribution in [3.8, 4) is 12.3 Å². The minimum atomic E-state index is -2.02. The van der Waals surface area contributed by atoms with Crippen molar-refractivity contribution in [2.45, 2.75) is 330 Å². The van der Waals surface area contributed by atoms with E-state index in [4.69, 9.17) is 67.5 Å². The second-order valence-corrected chi connectivity index (χ2v) is 46.4. The van der Waals surface area contributed by atoms with Crippen molar-refractivity contribution in [1.82, 2.24) is 0 Å². The third kappa shape index (κ3) is 26.0. The van der Waals surface area contributed by atoms with Gasteiger partial charge in [-0.05, 0) is 216 Å². The normalized spacial score (nSPS) is 29.4. The number of halogens is 2. The Kier molecular flexibility index (Phi) is 36.5. The third-order valence-corrected chi connectivity index (χ3v) is 31.5. The minimum Gasteiger partial charge on any atom is -0.463 e. The van der Waals surface area contributed by atoms with Crippen molar-refractivity contribution in [2.24, 2.45) is 69.0 Å². The van der Waals surface area contributed by atoms with Crippen LogP contribution in [0.2, 0.25) is 16.6 Å². The summed E-state index contributed by atoms with van der Waals surface area (Å²) < 4.78 is 80.4. The first-order valence-corrected chi connectivity index (χ1v) is 45.4. The fourth-order valence-corrected chi connectivity index (χ4v) is 22.1. The quantitative estimate of drug-likeness (QED) is 0.0507. The lowest BCUT2D eigenvalue weighted by Crippen LogP contribution is -2.59. The smallest absolute Gasteiger partial charge is 0.463 e. The Labute approximate surface area is 714 Å². The molecule has 0 aliphatic carbocycles. The molecule has 0 aromatic heterocycles. The number of benzene rings is 3. The number of aryl methyl sites for hydroxylation is 1. The molecule has 652 valence electrons. The summed E-state index contributed by atoms with van der Waals surface area (Å²) in [5.41, 5.74) is 3.34. The number of ether oxygens (including phenoxy) is 10. The van der Waals surface area contributed by atoms with Crippen molar-refractivity contribution in [1.29, 1.82) is 0 Å². The molecular weight excluding hydrogens is 1620 g/mol. The number of aliphatic hydroxyl groups excluding tert-OH is 1. The van der Waals surface area contributed by atoms with Crippen LogP contribution < -0.4 is 5.46 Å². The first-order valence-electron chi connectivity index (χ1n) is 41.7. The van der Waals surface area contributed by atoms with Crippen molar-refractivity contribution in [2.75, 3.05) is 26.4 Å². The predicted molar refractivity (Wildman–Crippen MR) is 464 cm³/mol. The van der Waals surface area contributed by atoms with Crippen LogP contribution in [-0.2, 0) is 89.9 Å². The molecular formula is C92H143BBr2O20Si. The van der Waals surface area contributed by atoms with Gasteiger partial charge in [0.15, 0.2) is 0 Å². The van der Waals surface area contributed by atoms with E-state index in [1.54, 1.807) is 0 Å². The Morgan fingerprint density at radius 2 is 0.871 bits per heavy atom. The number of carbonyl (C=O) groups excluding carboxylic acids is 6. The van der Waals surface area contributed by atoms with Crippen molar-refractivity contribution in [3.63, 3.8) is 0 Å². The topological polar surface area (TPSA) is 243 Å². The van der Waals surface area contributed by atoms with Gasteiger partial charge in [0, 0.05) is 40.5 Å². The third-order valence-electron chi connectivity index (χ3n) is 24.4. The van der Waals surface area contributed by atoms with E-state index in [-0.39, 0.29) is 140 Å². The number of esters is 6. The summed E-state index contributed by atoms with van der Waals surface area (Å²) in [6, 6.07) is 22.2. The molecule has 5 aliphatic rings. The number of rotatable bonds is 19. The number of carbonyl (C=O) groups is 6. The summed E-state index contributed by atoms with van der Waals surface area (Å²) >= 11 is 6.98. The SMILES string of the molecule is C#C[C@H]1O[C@H](CO)[C@@H](O[Si](C(C)C)(C(C)C)C(C)C)[C@H](C)[C@@H]1C.CC(=O)OC[C@H]1O[C@H](c2cccc(B3OC(C)(C)C(C)(C)O3)c2)[C@@H](C)[C@@H](C)[C@@H]1OC(C)=O.C[C@@H]1[C@H](C)[C@@H](c2ccc(Br)cc2)O[C@H](COC(=O)C(C)(C)C)[C@H]1OC(=O)C(C)(C)C.Cc1cc(Br)ccc1[C@H]1O[C@H](COC(=O)C(C)(C)C)[C@@H](OC(=O)C(C)(C)C)[C@H](C)[C@@H]1C. The molecule has 1 N–H and O–H groups in total. The highest BCUT2D eigenvalue weighted by Gasteiger charge is 2.55. The maximum Gasteiger partial charge on any atom is 0.494 e. The van der Waals surface area contributed by atoms with Gasteiger partial charge >= 0.3 is 42.9 Å². The molecule has 20 atom stereocenters. The van der Waals surface area contributed by atoms with E-state index in [0.717, 1.165) is 36.7 Å². The van der Waals surface area contributed by atoms with E-state index in [1.807, 2.05) is 172 Å². The Bertz CT molecular complexity index is 3730. The largest absolute Gasteiger partial charge is 0.494 e. The zero-order chi connectivity index (χ0) is 88.4. The standard InChI is InChI=1S/C25H37BrO5.C24H35BO7.C24H35BrO5.C19H36O3Si/c1-14-12-17(26)10-11-18(14)20-15(2)16(3)21(31-23(28)25(7,8)9)19(30-20)13-29-22(27)24(4,5)6;1-14-15(2)22(29-17(4)27)20(13-28-16(3)26)30-21(14)18-10-9-11-19(12-18)25-31-23(5,6)24(7,8)32-25;1-14-15(2)20(30-22(27)24(6,7)8)18(13-28-21(26)23(3,4)5)29-19(14)16-9-11-17(25)12-10-16;1-10-17-15(8)16(9)19(18(11-20)21-17)22-23(12(2)3,13(4)5)14(6)7/h10-12,15-16,19-21H,13H2,1-9H3;9-12,14-15,20-22H,13H2,1-8H3;9-12,14-15,18-20H,13H2,1-8H3;1,12-20H,11H2,2-9H3/t15-,16+,19+,20-,21-;14-,15+,20+,21-,22-;14-,15+,18+,19-,20-;15-,16+,17+,18+,19-/m0000/s1. The second-order valence-electron chi connectivity index (χ2n) is 39.1. The maximum atomic E-state index is 12.7. The fraction of sp³-hybridized carbons (Fsp3) is 0.717. The second kappa shape index (κ2) is 41.7. The van der Waals surface area contributed by atoms with E-state index in [1.165, 1.54) is 13.8 Å². The molecule has 3 aromatic rings. The van der Waals surface area contributed by atoms with Crippen molar-refractivity contribution < 1.29 is 95.0 Å². The number of aliphatic hydroxyl groups is 1. The van der Waals surface area contributed by atoms with Gasteiger partial charge in [-0.1, -0.05) is 177 Å². The van der Waals surface area contributed by atoms with E-state index < -0.39 is 90.9 Å². The highest BCUT2D eigenvalue weighted by molar-refractivity contribution is 9.10. The average Bonchev–Trinajstić information content (AvgIpc) is 1.58. The van der Waals surface area contributed by atoms with Crippen LogP contribution in [0.1, 0.15) is 262 Å². The Balaban J connectivity index is 0.000000278. The summed E-state index contributed by atoms with van der Waals surface area (Å²) in [4.78, 5) is 73.1. The summed E-state index contributed by atoms with van der Waals surface area (Å²) in [6.07, 6.45) is 1.18. The molecule has 0 amide bonds. The summed E-state index contributed by atoms with van der Waals surface area (Å²) in [5, 5.41) is 9.83. The van der Waals surface area contributed by atoms with Gasteiger partial charge < -0.3 is 66.2 Å². The first kappa shape index (κ1) is 102. The van der Waals surface area contributed by atoms with Gasteiger partial charge in [-0.15, -0.1) is 6.42 Å². The summed E-state index contributed by atoms with van der Waals surface area (Å²) in [6.45, 7) is 65.3. The van der Waals surface area contributed by atoms with Crippen molar-refractivity contribution >= 4 is 88.6 Å². The van der Waals surface area contributed by atoms with Crippen LogP contribution >= 0.6 is 31.9 Å². The molecule has 24 heteroatoms. The molecule has 0 unspecified atom stereocenters. The van der Waals surface area contributed by atoms with Crippen LogP contribution in [0.3, 0.4) is 0 Å². The molecule has 5 fully saturated rings. The van der Waals surface area contributed by atoms with Gasteiger partial charge in [0.25, 0.3) is 0 Å². The van der Waals surface area contributed by atoms with E-state index in [9.17, 15) is 33.9 Å². The minimum absolute atomic E-state index is 0.00119. The molecule has 0 spiro atoms. The molecule has 5 heterocycles. The van der Waals surface area contributed by atoms with Gasteiger partial charge in [-0.3, -0.25) is 28.8 Å². The van der Waals surface area contributed by atoms with Crippen LogP contribution in [0.5, 0.6) is 0 Å². The van der Waals surface area contributed by atoms with Gasteiger partial charge in [-0.2, -0.15) is 0 Å². The molecule has 20 nitrogen and oxygen atoms in total. The monoisotopic (exact) mass is 1760 g/mol. The van der Waals surface area contributed by atoms with Crippen LogP contribution in [0, 0.1) is 88.3 Å². The molecule has 5 saturated heterocycles. The Hall–Kier alpha value is -5.04. The molecule has 3 aromatic carbocycles. The molecule has 0 saturated carbocycles. The number of hydrogen-bond acceptors (Lipinski definition) is 20. The number of terminal acetylenes is 1. The van der Waals surface area contributed by atoms with Gasteiger partial charge in [0.05, 0.1) is 63.9 Å². The lowest BCUT2D eigenvalue weighted by atomic mass is 9.75. The number of hydrogen-bond donors (Lipinski definition) is 1. The molecule has 8 rings (SSSR count). The van der Waals surface area contributed by atoms with Crippen LogP contribution in [0.15, 0.2) is 75.7 Å².